The van der Waals surface area contributed by atoms with Gasteiger partial charge in [0.15, 0.2) is 0 Å². The number of nitrogens with one attached hydrogen (secondary N) is 1. The summed E-state index contributed by atoms with van der Waals surface area (Å²) in [6.07, 6.45) is 1.33. The molecule has 1 fully saturated rings. The fourth-order valence-corrected chi connectivity index (χ4v) is 2.05. The Kier molecular flexibility index (Phi) is 4.64. The minimum atomic E-state index is -0.0150. The molecule has 3 heteroatoms. The summed E-state index contributed by atoms with van der Waals surface area (Å²) in [5, 5.41) is 3.44. The number of carbonyl (C=O) groups is 1. The van der Waals surface area contributed by atoms with E-state index in [1.165, 1.54) is 0 Å². The van der Waals surface area contributed by atoms with Crippen LogP contribution >= 0.6 is 0 Å². The molecule has 0 aromatic heterocycles. The van der Waals surface area contributed by atoms with Crippen molar-refractivity contribution in [2.45, 2.75) is 51.6 Å². The molecule has 0 amide bonds. The topological polar surface area (TPSA) is 29.1 Å². The number of Topliss-reactive ketones (excluding diaryl/α,β-unsaturated/α-hetero) is 1. The zero-order chi connectivity index (χ0) is 8.70. The van der Waals surface area contributed by atoms with Crippen molar-refractivity contribution in [1.29, 1.82) is 0 Å². The Labute approximate surface area is 119 Å². The minimum Gasteiger partial charge on any atom is -1.00 e. The number of rotatable bonds is 0. The number of carbonyl (C=O) groups excluding carboxylic acids is 1. The Morgan fingerprint density at radius 1 is 1.17 bits per heavy atom. The van der Waals surface area contributed by atoms with Gasteiger partial charge < -0.3 is 6.74 Å². The van der Waals surface area contributed by atoms with Gasteiger partial charge in [-0.2, -0.15) is 0 Å². The zero-order valence-corrected chi connectivity index (χ0v) is 11.9. The molecule has 0 spiro atoms. The monoisotopic (exact) mass is 195 g/mol. The Hall–Kier alpha value is 1.27. The molecule has 1 N–H and O–H groups in total. The summed E-state index contributed by atoms with van der Waals surface area (Å²) >= 11 is 0. The summed E-state index contributed by atoms with van der Waals surface area (Å²) < 4.78 is 0. The maximum Gasteiger partial charge on any atom is 1.00 e. The van der Waals surface area contributed by atoms with E-state index in [9.17, 15) is 4.79 Å². The number of piperidine rings is 1. The van der Waals surface area contributed by atoms with Gasteiger partial charge in [-0.3, -0.25) is 4.79 Å². The van der Waals surface area contributed by atoms with Crippen LogP contribution in [0.1, 0.15) is 42.0 Å². The van der Waals surface area contributed by atoms with Gasteiger partial charge in [-0.05, 0) is 27.7 Å². The standard InChI is InChI=1S/C9H17NO.K.H/c1-8(2)5-7(11)6-9(3,4)10-8;;/h10H,5-6H2,1-4H3;;/q;+1;-1. The molecular weight excluding hydrogens is 177 g/mol. The van der Waals surface area contributed by atoms with Gasteiger partial charge in [0.05, 0.1) is 0 Å². The van der Waals surface area contributed by atoms with E-state index in [-0.39, 0.29) is 63.9 Å². The molecule has 1 saturated heterocycles. The average molecular weight is 195 g/mol. The van der Waals surface area contributed by atoms with Gasteiger partial charge in [-0.1, -0.05) is 0 Å². The molecule has 1 aliphatic heterocycles. The first-order valence-corrected chi connectivity index (χ1v) is 4.12. The van der Waals surface area contributed by atoms with Crippen molar-refractivity contribution in [2.75, 3.05) is 0 Å². The molecule has 0 aromatic carbocycles. The molecule has 0 unspecified atom stereocenters. The molecule has 0 saturated carbocycles. The van der Waals surface area contributed by atoms with Crippen LogP contribution in [0.3, 0.4) is 0 Å². The second-order valence-corrected chi connectivity index (χ2v) is 4.78. The van der Waals surface area contributed by atoms with E-state index in [0.717, 1.165) is 0 Å². The summed E-state index contributed by atoms with van der Waals surface area (Å²) in [6, 6.07) is 0. The SMILES string of the molecule is CC1(C)CC(=O)CC(C)(C)N1.[H-].[K+]. The predicted molar refractivity (Wildman–Crippen MR) is 46.6 cm³/mol. The predicted octanol–water partition coefficient (Wildman–Crippen LogP) is -1.39. The summed E-state index contributed by atoms with van der Waals surface area (Å²) in [5.74, 6) is 0.374. The van der Waals surface area contributed by atoms with Crippen molar-refractivity contribution in [3.8, 4) is 0 Å². The molecule has 2 nitrogen and oxygen atoms in total. The van der Waals surface area contributed by atoms with Crippen LogP contribution in [0.5, 0.6) is 0 Å². The van der Waals surface area contributed by atoms with Crippen LogP contribution in [-0.2, 0) is 4.79 Å². The van der Waals surface area contributed by atoms with Gasteiger partial charge in [-0.15, -0.1) is 0 Å². The van der Waals surface area contributed by atoms with E-state index < -0.39 is 0 Å². The third-order valence-corrected chi connectivity index (χ3v) is 1.95. The van der Waals surface area contributed by atoms with Crippen molar-refractivity contribution < 1.29 is 57.6 Å². The molecule has 1 aliphatic rings. The molecule has 0 bridgehead atoms. The summed E-state index contributed by atoms with van der Waals surface area (Å²) in [7, 11) is 0. The average Bonchev–Trinajstić information content (AvgIpc) is 1.49. The summed E-state index contributed by atoms with van der Waals surface area (Å²) in [4.78, 5) is 11.3. The van der Waals surface area contributed by atoms with Crippen molar-refractivity contribution >= 4 is 5.78 Å². The van der Waals surface area contributed by atoms with E-state index in [1.54, 1.807) is 0 Å². The van der Waals surface area contributed by atoms with Crippen LogP contribution in [-0.4, -0.2) is 16.9 Å². The van der Waals surface area contributed by atoms with Crippen LogP contribution in [0.2, 0.25) is 0 Å². The third-order valence-electron chi connectivity index (χ3n) is 1.95. The first-order valence-electron chi connectivity index (χ1n) is 4.12. The number of hydrogen-bond donors (Lipinski definition) is 1. The molecule has 0 aromatic rings. The molecule has 66 valence electrons. The Balaban J connectivity index is 0. The van der Waals surface area contributed by atoms with E-state index >= 15 is 0 Å². The second kappa shape index (κ2) is 4.19. The number of ketones is 1. The molecule has 0 atom stereocenters. The molecule has 0 aliphatic carbocycles. The van der Waals surface area contributed by atoms with Gasteiger partial charge >= 0.3 is 51.4 Å². The van der Waals surface area contributed by atoms with Crippen LogP contribution in [0.25, 0.3) is 0 Å². The summed E-state index contributed by atoms with van der Waals surface area (Å²) in [6.45, 7) is 8.30. The van der Waals surface area contributed by atoms with Crippen molar-refractivity contribution in [1.82, 2.24) is 5.32 Å². The summed E-state index contributed by atoms with van der Waals surface area (Å²) in [5.41, 5.74) is -0.0301. The smallest absolute Gasteiger partial charge is 1.00 e. The first kappa shape index (κ1) is 13.3. The van der Waals surface area contributed by atoms with E-state index in [4.69, 9.17) is 0 Å². The Morgan fingerprint density at radius 2 is 1.50 bits per heavy atom. The third kappa shape index (κ3) is 3.98. The molecule has 12 heavy (non-hydrogen) atoms. The normalized spacial score (nSPS) is 26.2. The van der Waals surface area contributed by atoms with Gasteiger partial charge in [0, 0.05) is 23.9 Å². The molecule has 1 heterocycles. The Morgan fingerprint density at radius 3 is 1.75 bits per heavy atom. The fourth-order valence-electron chi connectivity index (χ4n) is 2.05. The fraction of sp³-hybridized carbons (Fsp3) is 0.889. The quantitative estimate of drug-likeness (QED) is 0.482. The minimum absolute atomic E-state index is 0. The number of hydrogen-bond acceptors (Lipinski definition) is 2. The van der Waals surface area contributed by atoms with Gasteiger partial charge in [0.25, 0.3) is 0 Å². The van der Waals surface area contributed by atoms with E-state index in [0.29, 0.717) is 18.6 Å². The van der Waals surface area contributed by atoms with Crippen LogP contribution < -0.4 is 56.7 Å². The molecule has 1 rings (SSSR count). The van der Waals surface area contributed by atoms with Crippen molar-refractivity contribution in [3.63, 3.8) is 0 Å². The second-order valence-electron chi connectivity index (χ2n) is 4.78. The van der Waals surface area contributed by atoms with Gasteiger partial charge in [0.2, 0.25) is 0 Å². The largest absolute Gasteiger partial charge is 1.00 e. The van der Waals surface area contributed by atoms with Crippen molar-refractivity contribution in [3.05, 3.63) is 0 Å². The molecule has 0 radical (unpaired) electrons. The van der Waals surface area contributed by atoms with Gasteiger partial charge in [-0.25, -0.2) is 0 Å². The molecular formula is C9H18KNO. The van der Waals surface area contributed by atoms with Crippen LogP contribution in [0.4, 0.5) is 0 Å². The maximum absolute atomic E-state index is 11.3. The van der Waals surface area contributed by atoms with Gasteiger partial charge in [0.1, 0.15) is 5.78 Å². The zero-order valence-electron chi connectivity index (χ0n) is 9.82. The van der Waals surface area contributed by atoms with E-state index in [1.807, 2.05) is 0 Å². The van der Waals surface area contributed by atoms with Crippen LogP contribution in [0, 0.1) is 0 Å². The maximum atomic E-state index is 11.3. The van der Waals surface area contributed by atoms with Crippen molar-refractivity contribution in [2.24, 2.45) is 0 Å². The van der Waals surface area contributed by atoms with Crippen LogP contribution in [0.15, 0.2) is 0 Å². The van der Waals surface area contributed by atoms with E-state index in [2.05, 4.69) is 33.0 Å². The first-order chi connectivity index (χ1) is 4.81. The Bertz CT molecular complexity index is 174.